The van der Waals surface area contributed by atoms with E-state index in [1.807, 2.05) is 36.9 Å². The Morgan fingerprint density at radius 3 is 1.65 bits per heavy atom. The first-order valence-electron chi connectivity index (χ1n) is 34.1. The number of primary amides is 1. The fraction of sp³-hybridized carbons (Fsp3) is 0.627. The molecule has 13 N–H and O–H groups in total. The molecule has 0 aromatic heterocycles. The first-order valence-corrected chi connectivity index (χ1v) is 37.6. The average Bonchev–Trinajstić information content (AvgIpc) is 1.68. The molecule has 4 aliphatic heterocycles. The van der Waals surface area contributed by atoms with Gasteiger partial charge in [0.1, 0.15) is 42.3 Å². The standard InChI is InChI=1S/C67H99N13O18S3/c1-42(2)13-16-55(83)70-50-40-100-38-46-29-45(37-99-28-17-69-56(84)33-75-20-22-76(34-57(85)86)24-26-78(36-59(89)90)27-25-77(23-21-75)35-58(87)88)30-47(31-46)39-101-41-51(67(97)98)73-62(92)49(32-44-9-5-4-6-10-44)72-61(91)48(14-15-54(68)82)71-64(94)60(43(3)81)74-63(93)52-11-7-18-79(52)66(96)53-12-8-19-80(53)65(50)95/h4-6,9-10,29-31,42-43,48-53,60,81H,7-8,11-28,32-41H2,1-3H3,(H2,68,82)(H,69,84)(H,70,83)(H,71,94)(H,72,91)(H,73,92)(H,74,93)(H,85,86)(H,87,88)(H,89,90)(H,97,98)/t43-,48+,49+,50+,51+,52+,53+,60+/m1/s1. The Labute approximate surface area is 600 Å². The van der Waals surface area contributed by atoms with Crippen molar-refractivity contribution in [2.45, 2.75) is 144 Å². The summed E-state index contributed by atoms with van der Waals surface area (Å²) in [4.78, 5) is 184. The zero-order chi connectivity index (χ0) is 73.7. The number of aliphatic hydroxyl groups excluding tert-OH is 1. The topological polar surface area (TPSA) is 441 Å². The highest BCUT2D eigenvalue weighted by atomic mass is 32.2. The van der Waals surface area contributed by atoms with Crippen LogP contribution in [0.4, 0.5) is 0 Å². The van der Waals surface area contributed by atoms with Gasteiger partial charge >= 0.3 is 23.9 Å². The number of carbonyl (C=O) groups excluding carboxylic acids is 9. The van der Waals surface area contributed by atoms with E-state index < -0.39 is 126 Å². The van der Waals surface area contributed by atoms with Gasteiger partial charge in [-0.05, 0) is 73.6 Å². The minimum atomic E-state index is -1.72. The third kappa shape index (κ3) is 28.6. The van der Waals surface area contributed by atoms with Gasteiger partial charge in [0.15, 0.2) is 0 Å². The summed E-state index contributed by atoms with van der Waals surface area (Å²) >= 11 is 4.08. The number of carboxylic acids is 4. The van der Waals surface area contributed by atoms with Crippen molar-refractivity contribution < 1.29 is 87.9 Å². The molecule has 101 heavy (non-hydrogen) atoms. The van der Waals surface area contributed by atoms with Crippen LogP contribution in [0.2, 0.25) is 0 Å². The molecule has 0 unspecified atom stereocenters. The van der Waals surface area contributed by atoms with E-state index in [1.54, 1.807) is 45.0 Å². The molecule has 2 aromatic rings. The lowest BCUT2D eigenvalue weighted by atomic mass is 10.0. The summed E-state index contributed by atoms with van der Waals surface area (Å²) in [5.41, 5.74) is 8.51. The van der Waals surface area contributed by atoms with Crippen LogP contribution in [-0.4, -0.2) is 296 Å². The molecule has 2 bridgehead atoms. The number of carbonyl (C=O) groups is 13. The van der Waals surface area contributed by atoms with Gasteiger partial charge in [-0.2, -0.15) is 35.3 Å². The number of aliphatic carboxylic acids is 4. The smallest absolute Gasteiger partial charge is 0.327 e. The summed E-state index contributed by atoms with van der Waals surface area (Å²) in [5, 5.41) is 66.6. The molecule has 9 amide bonds. The number of carboxylic acid groups (broad SMARTS) is 4. The van der Waals surface area contributed by atoms with E-state index in [9.17, 15) is 87.9 Å². The van der Waals surface area contributed by atoms with Gasteiger partial charge in [0.05, 0.1) is 32.3 Å². The van der Waals surface area contributed by atoms with Crippen molar-refractivity contribution in [3.63, 3.8) is 0 Å². The van der Waals surface area contributed by atoms with Gasteiger partial charge in [-0.25, -0.2) is 4.79 Å². The molecular weight excluding hydrogens is 1370 g/mol. The fourth-order valence-corrected chi connectivity index (χ4v) is 15.0. The highest BCUT2D eigenvalue weighted by Gasteiger charge is 2.45. The molecule has 0 spiro atoms. The van der Waals surface area contributed by atoms with Crippen LogP contribution < -0.4 is 37.6 Å². The number of hydrogen-bond donors (Lipinski definition) is 12. The second kappa shape index (κ2) is 42.1. The summed E-state index contributed by atoms with van der Waals surface area (Å²) < 4.78 is 0. The summed E-state index contributed by atoms with van der Waals surface area (Å²) in [6.07, 6.45) is -0.645. The number of fused-ring (bicyclic) bond motifs is 4. The van der Waals surface area contributed by atoms with E-state index in [1.165, 1.54) is 52.0 Å². The summed E-state index contributed by atoms with van der Waals surface area (Å²) in [5.74, 6) is -9.31. The van der Waals surface area contributed by atoms with Crippen molar-refractivity contribution in [3.05, 3.63) is 70.8 Å². The Hall–Kier alpha value is -7.60. The zero-order valence-corrected chi connectivity index (χ0v) is 60.0. The fourth-order valence-electron chi connectivity index (χ4n) is 12.3. The Balaban J connectivity index is 1.26. The van der Waals surface area contributed by atoms with E-state index in [2.05, 4.69) is 31.9 Å². The number of nitrogens with zero attached hydrogens (tertiary/aromatic N) is 6. The summed E-state index contributed by atoms with van der Waals surface area (Å²) in [7, 11) is 0. The number of nitrogens with two attached hydrogens (primary N) is 1. The minimum absolute atomic E-state index is 0.0763. The van der Waals surface area contributed by atoms with Crippen LogP contribution in [0, 0.1) is 5.92 Å². The molecule has 4 aliphatic rings. The lowest BCUT2D eigenvalue weighted by molar-refractivity contribution is -0.148. The molecule has 2 aromatic carbocycles. The number of hydrogen-bond acceptors (Lipinski definition) is 21. The molecular formula is C67H99N13O18S3. The minimum Gasteiger partial charge on any atom is -0.480 e. The average molecular weight is 1470 g/mol. The van der Waals surface area contributed by atoms with Gasteiger partial charge in [-0.1, -0.05) is 62.4 Å². The SMILES string of the molecule is CC(C)CCC(=O)N[C@H]1CSCc2cc(CSCCNC(=O)CN3CCN(CC(=O)O)CCN(CC(=O)O)CCN(CC(=O)O)CC3)cc(c2)CSC[C@@H](C(=O)O)NC(=O)[C@H](Cc2ccccc2)NC(=O)[C@H](CCC(N)=O)NC(=O)[C@H]([C@@H](C)O)NC(=O)[C@@H]2CCCN2C(=O)[C@@H]2CCCN2C1=O. The van der Waals surface area contributed by atoms with Gasteiger partial charge in [0.25, 0.3) is 0 Å². The Bertz CT molecular complexity index is 3160. The molecule has 4 heterocycles. The van der Waals surface area contributed by atoms with Crippen molar-refractivity contribution in [1.29, 1.82) is 0 Å². The highest BCUT2D eigenvalue weighted by molar-refractivity contribution is 7.99. The Morgan fingerprint density at radius 1 is 0.594 bits per heavy atom. The Morgan fingerprint density at radius 2 is 1.12 bits per heavy atom. The molecule has 0 aliphatic carbocycles. The Kier molecular flexibility index (Phi) is 34.3. The third-order valence-corrected chi connectivity index (χ3v) is 20.8. The van der Waals surface area contributed by atoms with E-state index in [0.717, 1.165) is 16.7 Å². The van der Waals surface area contributed by atoms with Crippen molar-refractivity contribution >= 4 is 112 Å². The van der Waals surface area contributed by atoms with Crippen LogP contribution in [0.5, 0.6) is 0 Å². The monoisotopic (exact) mass is 1470 g/mol. The number of nitrogens with one attached hydrogen (secondary N) is 6. The van der Waals surface area contributed by atoms with E-state index in [-0.39, 0.29) is 159 Å². The lowest BCUT2D eigenvalue weighted by Crippen LogP contribution is -2.61. The summed E-state index contributed by atoms with van der Waals surface area (Å²) in [6.45, 7) is 6.59. The quantitative estimate of drug-likeness (QED) is 0.0550. The molecule has 3 saturated heterocycles. The number of aliphatic hydroxyl groups is 1. The lowest BCUT2D eigenvalue weighted by Gasteiger charge is -2.33. The first kappa shape index (κ1) is 82.4. The molecule has 8 atom stereocenters. The van der Waals surface area contributed by atoms with Crippen molar-refractivity contribution in [1.82, 2.24) is 61.3 Å². The van der Waals surface area contributed by atoms with E-state index >= 15 is 0 Å². The molecule has 34 heteroatoms. The second-order valence-corrected chi connectivity index (χ2v) is 29.4. The van der Waals surface area contributed by atoms with Crippen LogP contribution in [0.15, 0.2) is 48.5 Å². The number of rotatable bonds is 24. The maximum absolute atomic E-state index is 14.9. The molecule has 31 nitrogen and oxygen atoms in total. The van der Waals surface area contributed by atoms with Crippen molar-refractivity contribution in [3.8, 4) is 0 Å². The van der Waals surface area contributed by atoms with Gasteiger partial charge in [-0.15, -0.1) is 0 Å². The van der Waals surface area contributed by atoms with Gasteiger partial charge in [0, 0.05) is 126 Å². The maximum Gasteiger partial charge on any atom is 0.327 e. The molecule has 0 saturated carbocycles. The van der Waals surface area contributed by atoms with Crippen LogP contribution in [0.3, 0.4) is 0 Å². The maximum atomic E-state index is 14.9. The number of amides is 9. The highest BCUT2D eigenvalue weighted by Crippen LogP contribution is 2.28. The van der Waals surface area contributed by atoms with E-state index in [4.69, 9.17) is 5.73 Å². The van der Waals surface area contributed by atoms with Gasteiger partial charge < -0.3 is 73.0 Å². The van der Waals surface area contributed by atoms with E-state index in [0.29, 0.717) is 42.1 Å². The largest absolute Gasteiger partial charge is 0.480 e. The first-order chi connectivity index (χ1) is 48.1. The van der Waals surface area contributed by atoms with Crippen LogP contribution in [0.1, 0.15) is 94.4 Å². The molecule has 0 radical (unpaired) electrons. The predicted molar refractivity (Wildman–Crippen MR) is 378 cm³/mol. The van der Waals surface area contributed by atoms with Crippen molar-refractivity contribution in [2.75, 3.05) is 115 Å². The number of thioether (sulfide) groups is 3. The third-order valence-electron chi connectivity index (χ3n) is 17.6. The van der Waals surface area contributed by atoms with Gasteiger partial charge in [0.2, 0.25) is 53.2 Å². The zero-order valence-electron chi connectivity index (χ0n) is 57.6. The molecule has 6 rings (SSSR count). The van der Waals surface area contributed by atoms with Crippen LogP contribution >= 0.6 is 35.3 Å². The molecule has 558 valence electrons. The predicted octanol–water partition coefficient (Wildman–Crippen LogP) is -1.19. The van der Waals surface area contributed by atoms with Crippen LogP contribution in [0.25, 0.3) is 0 Å². The van der Waals surface area contributed by atoms with Crippen molar-refractivity contribution in [2.24, 2.45) is 11.7 Å². The second-order valence-electron chi connectivity index (χ2n) is 26.3. The summed E-state index contributed by atoms with van der Waals surface area (Å²) in [6, 6.07) is 4.86. The molecule has 3 fully saturated rings. The van der Waals surface area contributed by atoms with Gasteiger partial charge in [-0.3, -0.25) is 77.1 Å². The number of benzene rings is 2. The normalized spacial score (nSPS) is 23.4. The van der Waals surface area contributed by atoms with Crippen LogP contribution in [-0.2, 0) is 86.0 Å².